The van der Waals surface area contributed by atoms with Crippen LogP contribution in [0.5, 0.6) is 0 Å². The molecule has 0 radical (unpaired) electrons. The highest BCUT2D eigenvalue weighted by Gasteiger charge is 2.38. The van der Waals surface area contributed by atoms with E-state index in [9.17, 15) is 0 Å². The summed E-state index contributed by atoms with van der Waals surface area (Å²) in [5.41, 5.74) is 4.52. The van der Waals surface area contributed by atoms with Crippen LogP contribution in [0.3, 0.4) is 0 Å². The quantitative estimate of drug-likeness (QED) is 0.331. The molecule has 0 saturated heterocycles. The van der Waals surface area contributed by atoms with Crippen LogP contribution in [0.1, 0.15) is 65.5 Å². The van der Waals surface area contributed by atoms with Gasteiger partial charge in [-0.2, -0.15) is 0 Å². The second-order valence-corrected chi connectivity index (χ2v) is 14.9. The smallest absolute Gasteiger partial charge is 0.158 e. The molecular formula is C26H36N4P2. The molecule has 0 aliphatic rings. The predicted molar refractivity (Wildman–Crippen MR) is 140 cm³/mol. The third-order valence-electron chi connectivity index (χ3n) is 6.55. The second kappa shape index (κ2) is 10.9. The first-order valence-corrected chi connectivity index (χ1v) is 14.5. The fraction of sp³-hybridized carbons (Fsp3) is 0.462. The lowest BCUT2D eigenvalue weighted by Gasteiger charge is -2.45. The fourth-order valence-corrected chi connectivity index (χ4v) is 9.77. The van der Waals surface area contributed by atoms with Crippen LogP contribution in [-0.4, -0.2) is 30.2 Å². The summed E-state index contributed by atoms with van der Waals surface area (Å²) in [5.74, 6) is 0. The van der Waals surface area contributed by atoms with Crippen LogP contribution in [-0.2, 0) is 12.3 Å². The Bertz CT molecular complexity index is 922. The minimum Gasteiger partial charge on any atom is -0.237 e. The molecule has 0 fully saturated rings. The monoisotopic (exact) mass is 466 g/mol. The summed E-state index contributed by atoms with van der Waals surface area (Å²) >= 11 is 0. The summed E-state index contributed by atoms with van der Waals surface area (Å²) in [5, 5.41) is 0.662. The van der Waals surface area contributed by atoms with E-state index in [2.05, 4.69) is 85.7 Å². The van der Waals surface area contributed by atoms with Crippen LogP contribution in [0.4, 0.5) is 0 Å². The van der Waals surface area contributed by atoms with Gasteiger partial charge in [0, 0.05) is 38.9 Å². The summed E-state index contributed by atoms with van der Waals surface area (Å²) in [4.78, 5) is 18.4. The van der Waals surface area contributed by atoms with Gasteiger partial charge >= 0.3 is 0 Å². The maximum absolute atomic E-state index is 4.59. The van der Waals surface area contributed by atoms with Crippen LogP contribution in [0.25, 0.3) is 0 Å². The highest BCUT2D eigenvalue weighted by Crippen LogP contribution is 2.64. The van der Waals surface area contributed by atoms with Crippen LogP contribution in [0.15, 0.2) is 61.2 Å². The molecule has 0 spiro atoms. The average molecular weight is 467 g/mol. The van der Waals surface area contributed by atoms with Crippen molar-refractivity contribution >= 4 is 27.0 Å². The lowest BCUT2D eigenvalue weighted by Crippen LogP contribution is -2.30. The molecule has 2 heterocycles. The minimum absolute atomic E-state index is 0.229. The molecular weight excluding hydrogens is 430 g/mol. The number of nitrogens with zero attached hydrogens (tertiary/aromatic N) is 4. The van der Waals surface area contributed by atoms with Crippen molar-refractivity contribution in [2.75, 3.05) is 0 Å². The molecule has 1 aromatic carbocycles. The van der Waals surface area contributed by atoms with Crippen molar-refractivity contribution in [3.8, 4) is 0 Å². The summed E-state index contributed by atoms with van der Waals surface area (Å²) in [6.07, 6.45) is 11.7. The van der Waals surface area contributed by atoms with Gasteiger partial charge < -0.3 is 0 Å². The van der Waals surface area contributed by atoms with E-state index in [0.717, 1.165) is 23.5 Å². The third-order valence-corrected chi connectivity index (χ3v) is 12.9. The van der Waals surface area contributed by atoms with Crippen molar-refractivity contribution in [3.63, 3.8) is 0 Å². The highest BCUT2D eigenvalue weighted by atomic mass is 31.1. The molecule has 0 unspecified atom stereocenters. The van der Waals surface area contributed by atoms with E-state index >= 15 is 0 Å². The standard InChI is InChI=1S/C26H36N4P2/c1-7-25(3,4)32(26(5,6)8-2)20-22-14-10-9-13-21(22)19-31(23-27-15-11-16-28-23)24-29-17-12-18-30-24/h9-18H,7-8,19-20H2,1-6H3. The molecule has 3 aromatic rings. The first-order chi connectivity index (χ1) is 15.3. The molecule has 0 bridgehead atoms. The number of hydrogen-bond acceptors (Lipinski definition) is 4. The number of rotatable bonds is 10. The lowest BCUT2D eigenvalue weighted by molar-refractivity contribution is 0.601. The molecule has 0 N–H and O–H groups in total. The fourth-order valence-electron chi connectivity index (χ4n) is 3.93. The Morgan fingerprint density at radius 1 is 0.625 bits per heavy atom. The molecule has 0 aliphatic heterocycles. The molecule has 170 valence electrons. The normalized spacial score (nSPS) is 12.5. The van der Waals surface area contributed by atoms with Crippen LogP contribution in [0.2, 0.25) is 0 Å². The van der Waals surface area contributed by atoms with Crippen molar-refractivity contribution in [1.82, 2.24) is 19.9 Å². The average Bonchev–Trinajstić information content (AvgIpc) is 2.82. The molecule has 0 amide bonds. The predicted octanol–water partition coefficient (Wildman–Crippen LogP) is 6.26. The summed E-state index contributed by atoms with van der Waals surface area (Å²) in [6, 6.07) is 12.7. The molecule has 2 aromatic heterocycles. The molecule has 6 heteroatoms. The van der Waals surface area contributed by atoms with Gasteiger partial charge in [-0.1, -0.05) is 73.7 Å². The van der Waals surface area contributed by atoms with Gasteiger partial charge in [-0.05, 0) is 52.6 Å². The highest BCUT2D eigenvalue weighted by molar-refractivity contribution is 7.71. The summed E-state index contributed by atoms with van der Waals surface area (Å²) in [6.45, 7) is 14.5. The molecule has 0 atom stereocenters. The minimum atomic E-state index is -0.869. The van der Waals surface area contributed by atoms with Gasteiger partial charge in [0.25, 0.3) is 0 Å². The molecule has 32 heavy (non-hydrogen) atoms. The zero-order valence-electron chi connectivity index (χ0n) is 20.3. The summed E-state index contributed by atoms with van der Waals surface area (Å²) < 4.78 is 0. The van der Waals surface area contributed by atoms with Gasteiger partial charge in [0.2, 0.25) is 0 Å². The first-order valence-electron chi connectivity index (χ1n) is 11.4. The topological polar surface area (TPSA) is 51.6 Å². The van der Waals surface area contributed by atoms with Gasteiger partial charge in [0.05, 0.1) is 0 Å². The maximum Gasteiger partial charge on any atom is 0.158 e. The third kappa shape index (κ3) is 5.97. The van der Waals surface area contributed by atoms with Crippen molar-refractivity contribution < 1.29 is 0 Å². The summed E-state index contributed by atoms with van der Waals surface area (Å²) in [7, 11) is -1.10. The van der Waals surface area contributed by atoms with E-state index in [4.69, 9.17) is 0 Å². The Morgan fingerprint density at radius 3 is 1.44 bits per heavy atom. The molecule has 3 rings (SSSR count). The van der Waals surface area contributed by atoms with Gasteiger partial charge in [0.15, 0.2) is 11.1 Å². The zero-order chi connectivity index (χ0) is 23.2. The van der Waals surface area contributed by atoms with E-state index in [1.807, 2.05) is 36.9 Å². The van der Waals surface area contributed by atoms with Crippen molar-refractivity contribution in [2.45, 2.75) is 77.0 Å². The van der Waals surface area contributed by atoms with E-state index in [-0.39, 0.29) is 7.92 Å². The molecule has 0 saturated carbocycles. The van der Waals surface area contributed by atoms with Gasteiger partial charge in [0.1, 0.15) is 0 Å². The lowest BCUT2D eigenvalue weighted by atomic mass is 10.1. The van der Waals surface area contributed by atoms with Crippen LogP contribution in [0, 0.1) is 0 Å². The largest absolute Gasteiger partial charge is 0.237 e. The van der Waals surface area contributed by atoms with E-state index in [1.165, 1.54) is 24.0 Å². The Labute approximate surface area is 196 Å². The Kier molecular flexibility index (Phi) is 8.48. The van der Waals surface area contributed by atoms with Crippen molar-refractivity contribution in [2.24, 2.45) is 0 Å². The number of hydrogen-bond donors (Lipinski definition) is 0. The molecule has 4 nitrogen and oxygen atoms in total. The van der Waals surface area contributed by atoms with E-state index in [1.54, 1.807) is 0 Å². The van der Waals surface area contributed by atoms with Gasteiger partial charge in [-0.15, -0.1) is 0 Å². The second-order valence-electron chi connectivity index (χ2n) is 9.37. The Balaban J connectivity index is 1.99. The van der Waals surface area contributed by atoms with Crippen molar-refractivity contribution in [1.29, 1.82) is 0 Å². The number of aromatic nitrogens is 4. The van der Waals surface area contributed by atoms with Crippen LogP contribution >= 0.6 is 15.8 Å². The van der Waals surface area contributed by atoms with E-state index < -0.39 is 7.92 Å². The number of benzene rings is 1. The van der Waals surface area contributed by atoms with Crippen molar-refractivity contribution in [3.05, 3.63) is 72.3 Å². The Morgan fingerprint density at radius 2 is 1.03 bits per heavy atom. The SMILES string of the molecule is CCC(C)(C)P(Cc1ccccc1CP(c1ncccn1)c1ncccn1)C(C)(C)CC. The molecule has 0 aliphatic carbocycles. The Hall–Kier alpha value is -1.76. The van der Waals surface area contributed by atoms with Crippen LogP contribution < -0.4 is 11.1 Å². The first kappa shape index (κ1) is 24.9. The van der Waals surface area contributed by atoms with Gasteiger partial charge in [-0.25, -0.2) is 19.9 Å². The zero-order valence-corrected chi connectivity index (χ0v) is 22.1. The van der Waals surface area contributed by atoms with Gasteiger partial charge in [-0.3, -0.25) is 0 Å². The maximum atomic E-state index is 4.59. The van der Waals surface area contributed by atoms with E-state index in [0.29, 0.717) is 10.3 Å².